The van der Waals surface area contributed by atoms with Crippen molar-refractivity contribution in [2.75, 3.05) is 20.2 Å². The van der Waals surface area contributed by atoms with E-state index in [4.69, 9.17) is 21.7 Å². The monoisotopic (exact) mass is 420 g/mol. The lowest BCUT2D eigenvalue weighted by atomic mass is 9.88. The molecule has 160 valence electrons. The molecular formula is C22H32N2O4S. The smallest absolute Gasteiger partial charge is 0.410 e. The molecule has 1 aromatic carbocycles. The second kappa shape index (κ2) is 10.1. The Morgan fingerprint density at radius 2 is 1.97 bits per heavy atom. The molecule has 1 aliphatic carbocycles. The first kappa shape index (κ1) is 21.7. The number of benzene rings is 1. The van der Waals surface area contributed by atoms with Gasteiger partial charge < -0.3 is 24.8 Å². The molecule has 6 nitrogen and oxygen atoms in total. The van der Waals surface area contributed by atoms with E-state index in [-0.39, 0.29) is 23.9 Å². The molecule has 1 aliphatic heterocycles. The summed E-state index contributed by atoms with van der Waals surface area (Å²) in [5.74, 6) is 1.30. The Bertz CT molecular complexity index is 719. The number of nitrogens with zero attached hydrogens (tertiary/aromatic N) is 1. The van der Waals surface area contributed by atoms with Crippen molar-refractivity contribution in [3.63, 3.8) is 0 Å². The van der Waals surface area contributed by atoms with E-state index >= 15 is 0 Å². The largest absolute Gasteiger partial charge is 0.504 e. The molecule has 1 saturated heterocycles. The van der Waals surface area contributed by atoms with Gasteiger partial charge in [0.05, 0.1) is 12.1 Å². The van der Waals surface area contributed by atoms with Crippen molar-refractivity contribution in [2.24, 2.45) is 11.8 Å². The van der Waals surface area contributed by atoms with Gasteiger partial charge in [-0.3, -0.25) is 0 Å². The summed E-state index contributed by atoms with van der Waals surface area (Å²) in [7, 11) is 1.53. The summed E-state index contributed by atoms with van der Waals surface area (Å²) < 4.78 is 10.9. The van der Waals surface area contributed by atoms with Gasteiger partial charge in [-0.15, -0.1) is 0 Å². The number of hydrogen-bond donors (Lipinski definition) is 2. The minimum Gasteiger partial charge on any atom is -0.504 e. The second-order valence-electron chi connectivity index (χ2n) is 8.17. The molecule has 29 heavy (non-hydrogen) atoms. The van der Waals surface area contributed by atoms with E-state index in [2.05, 4.69) is 12.2 Å². The molecule has 1 amide bonds. The van der Waals surface area contributed by atoms with Gasteiger partial charge in [-0.25, -0.2) is 4.79 Å². The number of phenolic OH excluding ortho intramolecular Hbond substituents is 1. The van der Waals surface area contributed by atoms with Crippen LogP contribution < -0.4 is 10.1 Å². The second-order valence-corrected chi connectivity index (χ2v) is 8.61. The first-order valence-electron chi connectivity index (χ1n) is 10.6. The topological polar surface area (TPSA) is 71.0 Å². The maximum Gasteiger partial charge on any atom is 0.410 e. The number of ether oxygens (including phenoxy) is 2. The number of carbonyl (C=O) groups is 1. The van der Waals surface area contributed by atoms with Gasteiger partial charge >= 0.3 is 6.09 Å². The number of amides is 1. The van der Waals surface area contributed by atoms with Gasteiger partial charge in [-0.2, -0.15) is 0 Å². The van der Waals surface area contributed by atoms with Gasteiger partial charge in [0.1, 0.15) is 6.10 Å². The number of carbonyl (C=O) groups excluding carboxylic acids is 1. The third-order valence-electron chi connectivity index (χ3n) is 6.12. The van der Waals surface area contributed by atoms with Gasteiger partial charge in [0.2, 0.25) is 0 Å². The number of aromatic hydroxyl groups is 1. The van der Waals surface area contributed by atoms with Crippen LogP contribution in [0, 0.1) is 11.8 Å². The molecule has 1 aromatic rings. The average Bonchev–Trinajstić information content (AvgIpc) is 2.74. The standard InChI is InChI=1S/C22H32N2O4S/c1-15-5-3-4-6-19(15)28-22(26)24-11-9-17(10-12-24)21(29)23-14-16-7-8-18(25)20(13-16)27-2/h7-8,13,15,17,19,25H,3-6,9-12,14H2,1-2H3,(H,23,29)/t15-,19-/m0/s1. The maximum atomic E-state index is 12.5. The van der Waals surface area contributed by atoms with Crippen LogP contribution in [0.15, 0.2) is 18.2 Å². The van der Waals surface area contributed by atoms with E-state index in [0.29, 0.717) is 31.3 Å². The number of hydrogen-bond acceptors (Lipinski definition) is 5. The average molecular weight is 421 g/mol. The Labute approximate surface area is 178 Å². The van der Waals surface area contributed by atoms with E-state index in [9.17, 15) is 9.90 Å². The Morgan fingerprint density at radius 3 is 2.66 bits per heavy atom. The summed E-state index contributed by atoms with van der Waals surface area (Å²) in [5, 5.41) is 13.0. The van der Waals surface area contributed by atoms with E-state index in [1.165, 1.54) is 13.5 Å². The molecule has 0 unspecified atom stereocenters. The lowest BCUT2D eigenvalue weighted by Crippen LogP contribution is -2.44. The molecule has 3 rings (SSSR count). The summed E-state index contributed by atoms with van der Waals surface area (Å²) in [6.45, 7) is 4.12. The molecular weight excluding hydrogens is 388 g/mol. The minimum atomic E-state index is -0.169. The molecule has 2 fully saturated rings. The van der Waals surface area contributed by atoms with E-state index in [1.807, 2.05) is 11.0 Å². The molecule has 0 bridgehead atoms. The van der Waals surface area contributed by atoms with Crippen molar-refractivity contribution >= 4 is 23.3 Å². The van der Waals surface area contributed by atoms with Crippen LogP contribution in [0.25, 0.3) is 0 Å². The Morgan fingerprint density at radius 1 is 1.24 bits per heavy atom. The third kappa shape index (κ3) is 5.75. The van der Waals surface area contributed by atoms with Crippen LogP contribution >= 0.6 is 12.2 Å². The predicted octanol–water partition coefficient (Wildman–Crippen LogP) is 4.25. The zero-order valence-corrected chi connectivity index (χ0v) is 18.2. The molecule has 1 heterocycles. The maximum absolute atomic E-state index is 12.5. The number of rotatable bonds is 5. The zero-order chi connectivity index (χ0) is 20.8. The molecule has 0 spiro atoms. The third-order valence-corrected chi connectivity index (χ3v) is 6.60. The molecule has 1 saturated carbocycles. The van der Waals surface area contributed by atoms with Crippen molar-refractivity contribution in [3.8, 4) is 11.5 Å². The lowest BCUT2D eigenvalue weighted by molar-refractivity contribution is 0.0161. The van der Waals surface area contributed by atoms with Gasteiger partial charge in [-0.05, 0) is 55.7 Å². The van der Waals surface area contributed by atoms with Crippen molar-refractivity contribution in [3.05, 3.63) is 23.8 Å². The van der Waals surface area contributed by atoms with Gasteiger partial charge in [0.25, 0.3) is 0 Å². The van der Waals surface area contributed by atoms with Crippen molar-refractivity contribution in [2.45, 2.75) is 58.1 Å². The predicted molar refractivity (Wildman–Crippen MR) is 116 cm³/mol. The fraction of sp³-hybridized carbons (Fsp3) is 0.636. The SMILES string of the molecule is COc1cc(CNC(=S)C2CCN(C(=O)O[C@H]3CCCC[C@@H]3C)CC2)ccc1O. The molecule has 7 heteroatoms. The Balaban J connectivity index is 1.42. The van der Waals surface area contributed by atoms with Crippen LogP contribution in [0.4, 0.5) is 4.79 Å². The molecule has 2 atom stereocenters. The molecule has 0 aromatic heterocycles. The first-order chi connectivity index (χ1) is 14.0. The fourth-order valence-electron chi connectivity index (χ4n) is 4.15. The normalized spacial score (nSPS) is 22.8. The molecule has 0 radical (unpaired) electrons. The van der Waals surface area contributed by atoms with Gasteiger partial charge in [0.15, 0.2) is 11.5 Å². The van der Waals surface area contributed by atoms with E-state index < -0.39 is 0 Å². The number of piperidine rings is 1. The zero-order valence-electron chi connectivity index (χ0n) is 17.4. The Hall–Kier alpha value is -2.02. The highest BCUT2D eigenvalue weighted by molar-refractivity contribution is 7.80. The highest BCUT2D eigenvalue weighted by Gasteiger charge is 2.30. The van der Waals surface area contributed by atoms with Crippen LogP contribution in [0.3, 0.4) is 0 Å². The van der Waals surface area contributed by atoms with E-state index in [0.717, 1.165) is 42.7 Å². The number of thiocarbonyl (C=S) groups is 1. The summed E-state index contributed by atoms with van der Waals surface area (Å²) in [6, 6.07) is 5.27. The number of methoxy groups -OCH3 is 1. The fourth-order valence-corrected chi connectivity index (χ4v) is 4.46. The van der Waals surface area contributed by atoms with Crippen LogP contribution in [-0.4, -0.2) is 47.4 Å². The number of phenols is 1. The van der Waals surface area contributed by atoms with Crippen LogP contribution in [0.5, 0.6) is 11.5 Å². The van der Waals surface area contributed by atoms with Gasteiger partial charge in [-0.1, -0.05) is 31.6 Å². The molecule has 2 aliphatic rings. The minimum absolute atomic E-state index is 0.0685. The van der Waals surface area contributed by atoms with Crippen molar-refractivity contribution in [1.29, 1.82) is 0 Å². The first-order valence-corrected chi connectivity index (χ1v) is 11.0. The summed E-state index contributed by atoms with van der Waals surface area (Å²) in [4.78, 5) is 15.2. The highest BCUT2D eigenvalue weighted by atomic mass is 32.1. The summed E-state index contributed by atoms with van der Waals surface area (Å²) >= 11 is 5.58. The summed E-state index contributed by atoms with van der Waals surface area (Å²) in [6.07, 6.45) is 6.11. The highest BCUT2D eigenvalue weighted by Crippen LogP contribution is 2.28. The van der Waals surface area contributed by atoms with Crippen LogP contribution in [-0.2, 0) is 11.3 Å². The van der Waals surface area contributed by atoms with Gasteiger partial charge in [0, 0.05) is 25.6 Å². The van der Waals surface area contributed by atoms with E-state index in [1.54, 1.807) is 12.1 Å². The number of likely N-dealkylation sites (tertiary alicyclic amines) is 1. The molecule has 2 N–H and O–H groups in total. The van der Waals surface area contributed by atoms with Crippen molar-refractivity contribution < 1.29 is 19.4 Å². The van der Waals surface area contributed by atoms with Crippen LogP contribution in [0.2, 0.25) is 0 Å². The Kier molecular flexibility index (Phi) is 7.58. The number of nitrogens with one attached hydrogen (secondary N) is 1. The van der Waals surface area contributed by atoms with Crippen molar-refractivity contribution in [1.82, 2.24) is 10.2 Å². The summed E-state index contributed by atoms with van der Waals surface area (Å²) in [5.41, 5.74) is 0.990. The lowest BCUT2D eigenvalue weighted by Gasteiger charge is -2.35. The van der Waals surface area contributed by atoms with Crippen LogP contribution in [0.1, 0.15) is 51.0 Å². The quantitative estimate of drug-likeness (QED) is 0.694.